The van der Waals surface area contributed by atoms with E-state index in [1.54, 1.807) is 32.0 Å². The first kappa shape index (κ1) is 26.1. The standard InChI is InChI=1S/C26H37ClN2O3/c1-4-5-6-7-8-9-10-11-12-13-16-28-25(32)19-14-15-21(27)20(17-19)23-26(2,3)24(31)22(18-30)29-23/h14-15,17-18,30H,4-13,16H2,1-3H3,(H,28,32)/b22-18+. The second-order valence-electron chi connectivity index (χ2n) is 9.06. The van der Waals surface area contributed by atoms with Gasteiger partial charge in [0, 0.05) is 22.7 Å². The van der Waals surface area contributed by atoms with E-state index in [1.165, 1.54) is 51.4 Å². The number of unbranched alkanes of at least 4 members (excludes halogenated alkanes) is 9. The molecule has 2 rings (SSSR count). The van der Waals surface area contributed by atoms with Crippen molar-refractivity contribution in [2.75, 3.05) is 6.54 Å². The van der Waals surface area contributed by atoms with Crippen LogP contribution in [0.5, 0.6) is 0 Å². The minimum atomic E-state index is -0.927. The number of allylic oxidation sites excluding steroid dienone is 1. The highest BCUT2D eigenvalue weighted by molar-refractivity contribution is 6.37. The van der Waals surface area contributed by atoms with E-state index in [0.29, 0.717) is 34.7 Å². The lowest BCUT2D eigenvalue weighted by Gasteiger charge is -2.19. The second-order valence-corrected chi connectivity index (χ2v) is 9.47. The van der Waals surface area contributed by atoms with Gasteiger partial charge in [0.05, 0.1) is 11.1 Å². The van der Waals surface area contributed by atoms with Crippen molar-refractivity contribution in [2.45, 2.75) is 85.0 Å². The first-order valence-corrected chi connectivity index (χ1v) is 12.3. The van der Waals surface area contributed by atoms with Crippen molar-refractivity contribution < 1.29 is 14.7 Å². The maximum atomic E-state index is 12.6. The molecule has 0 saturated carbocycles. The van der Waals surface area contributed by atoms with Gasteiger partial charge < -0.3 is 10.4 Å². The first-order chi connectivity index (χ1) is 15.3. The SMILES string of the molecule is CCCCCCCCCCCCNC(=O)c1ccc(Cl)c(C2=N/C(=C/O)C(=O)C2(C)C)c1. The molecular weight excluding hydrogens is 424 g/mol. The summed E-state index contributed by atoms with van der Waals surface area (Å²) in [4.78, 5) is 29.3. The molecule has 1 aliphatic heterocycles. The van der Waals surface area contributed by atoms with Crippen molar-refractivity contribution >= 4 is 29.0 Å². The number of hydrogen-bond donors (Lipinski definition) is 2. The number of nitrogens with one attached hydrogen (secondary N) is 1. The fourth-order valence-corrected chi connectivity index (χ4v) is 4.19. The molecule has 0 radical (unpaired) electrons. The average molecular weight is 461 g/mol. The number of nitrogens with zero attached hydrogens (tertiary/aromatic N) is 1. The van der Waals surface area contributed by atoms with Crippen LogP contribution in [0, 0.1) is 5.41 Å². The van der Waals surface area contributed by atoms with E-state index in [0.717, 1.165) is 12.8 Å². The molecule has 0 bridgehead atoms. The molecule has 0 saturated heterocycles. The summed E-state index contributed by atoms with van der Waals surface area (Å²) in [5.74, 6) is -0.443. The van der Waals surface area contributed by atoms with Crippen molar-refractivity contribution in [3.05, 3.63) is 46.3 Å². The number of aliphatic hydroxyl groups is 1. The van der Waals surface area contributed by atoms with Crippen LogP contribution >= 0.6 is 11.6 Å². The molecule has 1 aromatic carbocycles. The molecule has 176 valence electrons. The van der Waals surface area contributed by atoms with Crippen LogP contribution in [0.3, 0.4) is 0 Å². The van der Waals surface area contributed by atoms with Crippen LogP contribution in [0.1, 0.15) is 101 Å². The predicted octanol–water partition coefficient (Wildman–Crippen LogP) is 6.79. The molecule has 0 fully saturated rings. The summed E-state index contributed by atoms with van der Waals surface area (Å²) in [6.45, 7) is 6.34. The van der Waals surface area contributed by atoms with Gasteiger partial charge in [0.25, 0.3) is 5.91 Å². The number of rotatable bonds is 13. The second kappa shape index (κ2) is 12.8. The highest BCUT2D eigenvalue weighted by atomic mass is 35.5. The molecule has 6 heteroatoms. The number of aliphatic hydroxyl groups excluding tert-OH is 1. The Balaban J connectivity index is 1.83. The minimum Gasteiger partial charge on any atom is -0.513 e. The molecule has 32 heavy (non-hydrogen) atoms. The van der Waals surface area contributed by atoms with E-state index >= 15 is 0 Å². The summed E-state index contributed by atoms with van der Waals surface area (Å²) in [7, 11) is 0. The lowest BCUT2D eigenvalue weighted by molar-refractivity contribution is -0.119. The van der Waals surface area contributed by atoms with Gasteiger partial charge in [-0.3, -0.25) is 9.59 Å². The number of aliphatic imine (C=N–C) groups is 1. The van der Waals surface area contributed by atoms with Gasteiger partial charge >= 0.3 is 0 Å². The third-order valence-corrected chi connectivity index (χ3v) is 6.38. The van der Waals surface area contributed by atoms with Crippen LogP contribution in [-0.4, -0.2) is 29.1 Å². The molecule has 1 heterocycles. The predicted molar refractivity (Wildman–Crippen MR) is 132 cm³/mol. The normalized spacial score (nSPS) is 16.4. The summed E-state index contributed by atoms with van der Waals surface area (Å²) < 4.78 is 0. The first-order valence-electron chi connectivity index (χ1n) is 11.9. The van der Waals surface area contributed by atoms with Gasteiger partial charge in [0.2, 0.25) is 0 Å². The molecule has 0 aromatic heterocycles. The van der Waals surface area contributed by atoms with Gasteiger partial charge in [-0.15, -0.1) is 0 Å². The van der Waals surface area contributed by atoms with Crippen LogP contribution in [0.25, 0.3) is 0 Å². The van der Waals surface area contributed by atoms with Gasteiger partial charge in [-0.2, -0.15) is 0 Å². The van der Waals surface area contributed by atoms with Crippen LogP contribution in [0.4, 0.5) is 0 Å². The number of carbonyl (C=O) groups excluding carboxylic acids is 2. The Morgan fingerprint density at radius 3 is 2.22 bits per heavy atom. The fourth-order valence-electron chi connectivity index (χ4n) is 3.99. The van der Waals surface area contributed by atoms with E-state index < -0.39 is 5.41 Å². The lowest BCUT2D eigenvalue weighted by Crippen LogP contribution is -2.30. The molecule has 5 nitrogen and oxygen atoms in total. The van der Waals surface area contributed by atoms with Gasteiger partial charge in [-0.05, 0) is 38.5 Å². The zero-order valence-electron chi connectivity index (χ0n) is 19.7. The number of hydrogen-bond acceptors (Lipinski definition) is 4. The molecule has 1 aliphatic rings. The van der Waals surface area contributed by atoms with Crippen molar-refractivity contribution in [2.24, 2.45) is 10.4 Å². The molecule has 0 unspecified atom stereocenters. The van der Waals surface area contributed by atoms with Crippen molar-refractivity contribution in [1.29, 1.82) is 0 Å². The highest BCUT2D eigenvalue weighted by Gasteiger charge is 2.42. The van der Waals surface area contributed by atoms with Crippen LogP contribution < -0.4 is 5.32 Å². The quantitative estimate of drug-likeness (QED) is 0.193. The summed E-state index contributed by atoms with van der Waals surface area (Å²) >= 11 is 6.36. The maximum absolute atomic E-state index is 12.6. The van der Waals surface area contributed by atoms with E-state index in [-0.39, 0.29) is 17.4 Å². The number of Topliss-reactive ketones (excluding diaryl/α,β-unsaturated/α-hetero) is 1. The Labute approximate surface area is 197 Å². The third kappa shape index (κ3) is 6.93. The molecule has 0 atom stereocenters. The minimum absolute atomic E-state index is 0.00289. The van der Waals surface area contributed by atoms with E-state index in [1.807, 2.05) is 0 Å². The highest BCUT2D eigenvalue weighted by Crippen LogP contribution is 2.36. The van der Waals surface area contributed by atoms with Crippen LogP contribution in [-0.2, 0) is 4.79 Å². The van der Waals surface area contributed by atoms with Crippen LogP contribution in [0.2, 0.25) is 5.02 Å². The lowest BCUT2D eigenvalue weighted by atomic mass is 9.81. The average Bonchev–Trinajstić information content (AvgIpc) is 3.00. The zero-order chi connectivity index (χ0) is 23.6. The van der Waals surface area contributed by atoms with Crippen molar-refractivity contribution in [3.63, 3.8) is 0 Å². The summed E-state index contributed by atoms with van der Waals surface area (Å²) in [6, 6.07) is 4.99. The van der Waals surface area contributed by atoms with Gasteiger partial charge in [0.1, 0.15) is 12.0 Å². The van der Waals surface area contributed by atoms with E-state index in [4.69, 9.17) is 11.6 Å². The monoisotopic (exact) mass is 460 g/mol. The third-order valence-electron chi connectivity index (χ3n) is 6.05. The molecular formula is C26H37ClN2O3. The largest absolute Gasteiger partial charge is 0.513 e. The van der Waals surface area contributed by atoms with Crippen molar-refractivity contribution in [1.82, 2.24) is 5.32 Å². The number of ketones is 1. The summed E-state index contributed by atoms with van der Waals surface area (Å²) in [5, 5.41) is 12.7. The number of halogens is 1. The number of amides is 1. The topological polar surface area (TPSA) is 78.8 Å². The molecule has 2 N–H and O–H groups in total. The molecule has 1 aromatic rings. The Kier molecular flexibility index (Phi) is 10.4. The molecule has 0 aliphatic carbocycles. The Hall–Kier alpha value is -2.14. The fraction of sp³-hybridized carbons (Fsp3) is 0.577. The summed E-state index contributed by atoms with van der Waals surface area (Å²) in [5.41, 5.74) is 0.537. The Bertz CT molecular complexity index is 859. The van der Waals surface area contributed by atoms with Gasteiger partial charge in [-0.1, -0.05) is 76.3 Å². The van der Waals surface area contributed by atoms with Gasteiger partial charge in [-0.25, -0.2) is 4.99 Å². The maximum Gasteiger partial charge on any atom is 0.251 e. The van der Waals surface area contributed by atoms with Crippen molar-refractivity contribution in [3.8, 4) is 0 Å². The number of carbonyl (C=O) groups is 2. The van der Waals surface area contributed by atoms with E-state index in [9.17, 15) is 14.7 Å². The number of benzene rings is 1. The Morgan fingerprint density at radius 1 is 1.06 bits per heavy atom. The molecule has 0 spiro atoms. The summed E-state index contributed by atoms with van der Waals surface area (Å²) in [6.07, 6.45) is 13.2. The molecule has 1 amide bonds. The smallest absolute Gasteiger partial charge is 0.251 e. The Morgan fingerprint density at radius 2 is 1.66 bits per heavy atom. The van der Waals surface area contributed by atoms with E-state index in [2.05, 4.69) is 17.2 Å². The zero-order valence-corrected chi connectivity index (χ0v) is 20.4. The van der Waals surface area contributed by atoms with Crippen LogP contribution in [0.15, 0.2) is 35.2 Å². The van der Waals surface area contributed by atoms with Gasteiger partial charge in [0.15, 0.2) is 5.78 Å².